The van der Waals surface area contributed by atoms with Crippen LogP contribution >= 0.6 is 0 Å². The summed E-state index contributed by atoms with van der Waals surface area (Å²) in [5.74, 6) is -0.703. The molecule has 0 fully saturated rings. The molecule has 12 heavy (non-hydrogen) atoms. The first-order valence-electron chi connectivity index (χ1n) is 3.42. The van der Waals surface area contributed by atoms with E-state index in [0.29, 0.717) is 11.3 Å². The Morgan fingerprint density at radius 3 is 2.92 bits per heavy atom. The molecule has 0 aliphatic heterocycles. The van der Waals surface area contributed by atoms with Crippen molar-refractivity contribution in [3.8, 4) is 0 Å². The van der Waals surface area contributed by atoms with Crippen molar-refractivity contribution >= 4 is 5.97 Å². The van der Waals surface area contributed by atoms with Crippen molar-refractivity contribution in [2.45, 2.75) is 19.4 Å². The van der Waals surface area contributed by atoms with E-state index in [2.05, 4.69) is 5.16 Å². The third-order valence-corrected chi connectivity index (χ3v) is 1.55. The second kappa shape index (κ2) is 3.36. The van der Waals surface area contributed by atoms with Crippen LogP contribution in [0.15, 0.2) is 10.7 Å². The predicted molar refractivity (Wildman–Crippen MR) is 38.6 cm³/mol. The third-order valence-electron chi connectivity index (χ3n) is 1.55. The largest absolute Gasteiger partial charge is 0.479 e. The van der Waals surface area contributed by atoms with Crippen LogP contribution in [0.5, 0.6) is 0 Å². The molecule has 0 spiro atoms. The minimum atomic E-state index is -1.39. The van der Waals surface area contributed by atoms with Gasteiger partial charge in [-0.15, -0.1) is 0 Å². The van der Waals surface area contributed by atoms with Gasteiger partial charge in [-0.1, -0.05) is 5.16 Å². The molecule has 1 unspecified atom stereocenters. The molecule has 1 rings (SSSR count). The predicted octanol–water partition coefficient (Wildman–Crippen LogP) is -0.0290. The van der Waals surface area contributed by atoms with Crippen LogP contribution in [0.3, 0.4) is 0 Å². The Bertz CT molecular complexity index is 281. The van der Waals surface area contributed by atoms with Crippen molar-refractivity contribution in [2.75, 3.05) is 0 Å². The van der Waals surface area contributed by atoms with Gasteiger partial charge >= 0.3 is 5.97 Å². The molecule has 0 saturated heterocycles. The molecule has 0 amide bonds. The normalized spacial score (nSPS) is 12.8. The fourth-order valence-electron chi connectivity index (χ4n) is 0.811. The van der Waals surface area contributed by atoms with Crippen LogP contribution in [0, 0.1) is 6.92 Å². The Morgan fingerprint density at radius 2 is 2.50 bits per heavy atom. The van der Waals surface area contributed by atoms with Crippen LogP contribution in [-0.4, -0.2) is 27.4 Å². The quantitative estimate of drug-likeness (QED) is 0.667. The fourth-order valence-corrected chi connectivity index (χ4v) is 0.811. The molecule has 66 valence electrons. The van der Waals surface area contributed by atoms with E-state index in [4.69, 9.17) is 14.7 Å². The highest BCUT2D eigenvalue weighted by atomic mass is 16.5. The summed E-state index contributed by atoms with van der Waals surface area (Å²) >= 11 is 0. The third kappa shape index (κ3) is 1.82. The number of aromatic nitrogens is 1. The molecule has 1 aromatic rings. The second-order valence-electron chi connectivity index (χ2n) is 2.47. The van der Waals surface area contributed by atoms with Crippen LogP contribution in [0.4, 0.5) is 0 Å². The Morgan fingerprint density at radius 1 is 1.83 bits per heavy atom. The smallest absolute Gasteiger partial charge is 0.332 e. The zero-order chi connectivity index (χ0) is 9.14. The zero-order valence-corrected chi connectivity index (χ0v) is 6.52. The van der Waals surface area contributed by atoms with Crippen molar-refractivity contribution in [3.05, 3.63) is 17.5 Å². The first-order chi connectivity index (χ1) is 5.61. The standard InChI is InChI=1S/C7H9NO4/c1-4-5(3-8-12-4)2-6(9)7(10)11/h3,6,9H,2H2,1H3,(H,10,11). The average Bonchev–Trinajstić information content (AvgIpc) is 2.36. The van der Waals surface area contributed by atoms with Gasteiger partial charge in [-0.2, -0.15) is 0 Å². The summed E-state index contributed by atoms with van der Waals surface area (Å²) in [6, 6.07) is 0. The Kier molecular flexibility index (Phi) is 2.44. The molecule has 1 aromatic heterocycles. The SMILES string of the molecule is Cc1oncc1CC(O)C(=O)O. The summed E-state index contributed by atoms with van der Waals surface area (Å²) in [6.07, 6.45) is 0.0506. The molecule has 5 nitrogen and oxygen atoms in total. The van der Waals surface area contributed by atoms with Gasteiger partial charge in [0.05, 0.1) is 6.20 Å². The molecular formula is C7H9NO4. The number of aryl methyl sites for hydroxylation is 1. The van der Waals surface area contributed by atoms with E-state index in [0.717, 1.165) is 0 Å². The van der Waals surface area contributed by atoms with Crippen molar-refractivity contribution in [3.63, 3.8) is 0 Å². The number of rotatable bonds is 3. The number of carboxylic acid groups (broad SMARTS) is 1. The van der Waals surface area contributed by atoms with Crippen LogP contribution in [0.25, 0.3) is 0 Å². The van der Waals surface area contributed by atoms with E-state index in [-0.39, 0.29) is 6.42 Å². The maximum Gasteiger partial charge on any atom is 0.332 e. The first-order valence-corrected chi connectivity index (χ1v) is 3.42. The summed E-state index contributed by atoms with van der Waals surface area (Å²) in [5, 5.41) is 20.8. The fraction of sp³-hybridized carbons (Fsp3) is 0.429. The van der Waals surface area contributed by atoms with Gasteiger partial charge in [-0.3, -0.25) is 0 Å². The molecule has 1 heterocycles. The molecule has 0 bridgehead atoms. The zero-order valence-electron chi connectivity index (χ0n) is 6.52. The highest BCUT2D eigenvalue weighted by molar-refractivity contribution is 5.72. The number of aliphatic carboxylic acids is 1. The van der Waals surface area contributed by atoms with E-state index >= 15 is 0 Å². The summed E-state index contributed by atoms with van der Waals surface area (Å²) < 4.78 is 4.69. The van der Waals surface area contributed by atoms with Gasteiger partial charge in [0.2, 0.25) is 0 Å². The molecule has 5 heteroatoms. The Labute approximate surface area is 68.6 Å². The maximum atomic E-state index is 10.2. The summed E-state index contributed by atoms with van der Waals surface area (Å²) in [7, 11) is 0. The molecule has 1 atom stereocenters. The van der Waals surface area contributed by atoms with E-state index in [1.807, 2.05) is 0 Å². The van der Waals surface area contributed by atoms with Crippen LogP contribution < -0.4 is 0 Å². The number of hydrogen-bond acceptors (Lipinski definition) is 4. The van der Waals surface area contributed by atoms with Crippen molar-refractivity contribution in [1.82, 2.24) is 5.16 Å². The Hall–Kier alpha value is -1.36. The van der Waals surface area contributed by atoms with Crippen molar-refractivity contribution < 1.29 is 19.5 Å². The van der Waals surface area contributed by atoms with Crippen molar-refractivity contribution in [1.29, 1.82) is 0 Å². The number of carbonyl (C=O) groups is 1. The number of hydrogen-bond donors (Lipinski definition) is 2. The minimum absolute atomic E-state index is 0.0324. The van der Waals surface area contributed by atoms with Crippen LogP contribution in [0.2, 0.25) is 0 Å². The first kappa shape index (κ1) is 8.73. The van der Waals surface area contributed by atoms with E-state index in [9.17, 15) is 4.79 Å². The van der Waals surface area contributed by atoms with Crippen LogP contribution in [0.1, 0.15) is 11.3 Å². The molecule has 0 aliphatic carbocycles. The number of aliphatic hydroxyl groups is 1. The molecule has 0 aromatic carbocycles. The molecule has 0 aliphatic rings. The lowest BCUT2D eigenvalue weighted by molar-refractivity contribution is -0.146. The van der Waals surface area contributed by atoms with Gasteiger partial charge in [0, 0.05) is 12.0 Å². The second-order valence-corrected chi connectivity index (χ2v) is 2.47. The summed E-state index contributed by atoms with van der Waals surface area (Å²) in [5.41, 5.74) is 0.616. The summed E-state index contributed by atoms with van der Waals surface area (Å²) in [4.78, 5) is 10.2. The van der Waals surface area contributed by atoms with Gasteiger partial charge in [-0.05, 0) is 6.92 Å². The maximum absolute atomic E-state index is 10.2. The average molecular weight is 171 g/mol. The molecule has 0 saturated carbocycles. The topological polar surface area (TPSA) is 83.6 Å². The number of nitrogens with zero attached hydrogens (tertiary/aromatic N) is 1. The van der Waals surface area contributed by atoms with Crippen molar-refractivity contribution in [2.24, 2.45) is 0 Å². The molecule has 0 radical (unpaired) electrons. The van der Waals surface area contributed by atoms with Gasteiger partial charge in [-0.25, -0.2) is 4.79 Å². The van der Waals surface area contributed by atoms with Gasteiger partial charge in [0.25, 0.3) is 0 Å². The lowest BCUT2D eigenvalue weighted by Gasteiger charge is -2.01. The van der Waals surface area contributed by atoms with E-state index < -0.39 is 12.1 Å². The van der Waals surface area contributed by atoms with E-state index in [1.165, 1.54) is 6.20 Å². The summed E-state index contributed by atoms with van der Waals surface area (Å²) in [6.45, 7) is 1.66. The number of aliphatic hydroxyl groups excluding tert-OH is 1. The highest BCUT2D eigenvalue weighted by Gasteiger charge is 2.16. The lowest BCUT2D eigenvalue weighted by Crippen LogP contribution is -2.21. The minimum Gasteiger partial charge on any atom is -0.479 e. The number of carboxylic acids is 1. The molecule has 2 N–H and O–H groups in total. The monoisotopic (exact) mass is 171 g/mol. The van der Waals surface area contributed by atoms with Gasteiger partial charge in [0.1, 0.15) is 5.76 Å². The lowest BCUT2D eigenvalue weighted by atomic mass is 10.1. The molecular weight excluding hydrogens is 162 g/mol. The van der Waals surface area contributed by atoms with Gasteiger partial charge in [0.15, 0.2) is 6.10 Å². The highest BCUT2D eigenvalue weighted by Crippen LogP contribution is 2.08. The van der Waals surface area contributed by atoms with E-state index in [1.54, 1.807) is 6.92 Å². The Balaban J connectivity index is 2.64. The van der Waals surface area contributed by atoms with Crippen LogP contribution in [-0.2, 0) is 11.2 Å². The van der Waals surface area contributed by atoms with Gasteiger partial charge < -0.3 is 14.7 Å².